The Morgan fingerprint density at radius 1 is 1.44 bits per heavy atom. The van der Waals surface area contributed by atoms with Gasteiger partial charge in [-0.05, 0) is 12.1 Å². The molecule has 94 valence electrons. The average molecular weight is 247 g/mol. The number of nitrogens with one attached hydrogen (secondary N) is 1. The summed E-state index contributed by atoms with van der Waals surface area (Å²) in [5.74, 6) is 0.622. The SMILES string of the molecule is Cn1ccc(CCNc2ccc([N+](=O)[O-])cn2)n1. The Morgan fingerprint density at radius 2 is 2.28 bits per heavy atom. The van der Waals surface area contributed by atoms with E-state index in [9.17, 15) is 10.1 Å². The smallest absolute Gasteiger partial charge is 0.287 e. The maximum absolute atomic E-state index is 10.4. The molecule has 2 heterocycles. The van der Waals surface area contributed by atoms with Crippen LogP contribution in [0.3, 0.4) is 0 Å². The Bertz CT molecular complexity index is 535. The number of rotatable bonds is 5. The molecule has 2 aromatic rings. The third-order valence-electron chi connectivity index (χ3n) is 2.41. The van der Waals surface area contributed by atoms with Crippen LogP contribution in [0.2, 0.25) is 0 Å². The highest BCUT2D eigenvalue weighted by Crippen LogP contribution is 2.11. The number of pyridine rings is 1. The van der Waals surface area contributed by atoms with Gasteiger partial charge in [0.05, 0.1) is 10.6 Å². The third kappa shape index (κ3) is 3.03. The summed E-state index contributed by atoms with van der Waals surface area (Å²) in [7, 11) is 1.87. The topological polar surface area (TPSA) is 85.9 Å². The lowest BCUT2D eigenvalue weighted by Gasteiger charge is -2.03. The predicted molar refractivity (Wildman–Crippen MR) is 66.3 cm³/mol. The summed E-state index contributed by atoms with van der Waals surface area (Å²) in [6, 6.07) is 4.97. The molecule has 0 atom stereocenters. The maximum atomic E-state index is 10.4. The fourth-order valence-electron chi connectivity index (χ4n) is 1.51. The minimum atomic E-state index is -0.468. The van der Waals surface area contributed by atoms with Crippen LogP contribution in [-0.2, 0) is 13.5 Å². The summed E-state index contributed by atoms with van der Waals surface area (Å²) in [6.07, 6.45) is 3.90. The van der Waals surface area contributed by atoms with E-state index in [2.05, 4.69) is 15.4 Å². The first-order valence-electron chi connectivity index (χ1n) is 5.48. The molecule has 0 fully saturated rings. The molecule has 7 heteroatoms. The molecular formula is C11H13N5O2. The Kier molecular flexibility index (Phi) is 3.52. The van der Waals surface area contributed by atoms with E-state index in [0.717, 1.165) is 12.1 Å². The van der Waals surface area contributed by atoms with E-state index in [4.69, 9.17) is 0 Å². The summed E-state index contributed by atoms with van der Waals surface area (Å²) in [4.78, 5) is 13.9. The van der Waals surface area contributed by atoms with Gasteiger partial charge in [-0.2, -0.15) is 5.10 Å². The zero-order valence-corrected chi connectivity index (χ0v) is 9.91. The minimum absolute atomic E-state index is 0.00900. The highest BCUT2D eigenvalue weighted by atomic mass is 16.6. The number of anilines is 1. The fraction of sp³-hybridized carbons (Fsp3) is 0.273. The standard InChI is InChI=1S/C11H13N5O2/c1-15-7-5-9(14-15)4-6-12-11-3-2-10(8-13-11)16(17)18/h2-3,5,7-8H,4,6H2,1H3,(H,12,13). The van der Waals surface area contributed by atoms with Gasteiger partial charge >= 0.3 is 0 Å². The number of nitro groups is 1. The summed E-state index contributed by atoms with van der Waals surface area (Å²) >= 11 is 0. The molecule has 2 aromatic heterocycles. The van der Waals surface area contributed by atoms with Gasteiger partial charge in [0.25, 0.3) is 5.69 Å². The van der Waals surface area contributed by atoms with E-state index in [1.807, 2.05) is 19.3 Å². The zero-order chi connectivity index (χ0) is 13.0. The van der Waals surface area contributed by atoms with Crippen LogP contribution in [0.4, 0.5) is 11.5 Å². The molecule has 0 aliphatic heterocycles. The van der Waals surface area contributed by atoms with Gasteiger partial charge in [-0.25, -0.2) is 4.98 Å². The van der Waals surface area contributed by atoms with Gasteiger partial charge in [-0.1, -0.05) is 0 Å². The van der Waals surface area contributed by atoms with Crippen molar-refractivity contribution >= 4 is 11.5 Å². The molecule has 18 heavy (non-hydrogen) atoms. The van der Waals surface area contributed by atoms with Gasteiger partial charge in [-0.15, -0.1) is 0 Å². The van der Waals surface area contributed by atoms with E-state index >= 15 is 0 Å². The Balaban J connectivity index is 1.85. The summed E-state index contributed by atoms with van der Waals surface area (Å²) in [5, 5.41) is 17.8. The average Bonchev–Trinajstić information content (AvgIpc) is 2.76. The van der Waals surface area contributed by atoms with Crippen LogP contribution in [0.25, 0.3) is 0 Å². The second kappa shape index (κ2) is 5.26. The number of hydrogen-bond donors (Lipinski definition) is 1. The first kappa shape index (κ1) is 12.0. The van der Waals surface area contributed by atoms with Gasteiger partial charge < -0.3 is 5.32 Å². The molecule has 0 bridgehead atoms. The van der Waals surface area contributed by atoms with Gasteiger partial charge in [0, 0.05) is 32.3 Å². The number of nitrogens with zero attached hydrogens (tertiary/aromatic N) is 4. The van der Waals surface area contributed by atoms with Crippen molar-refractivity contribution in [2.24, 2.45) is 7.05 Å². The molecule has 0 aliphatic rings. The van der Waals surface area contributed by atoms with E-state index in [0.29, 0.717) is 12.4 Å². The third-order valence-corrected chi connectivity index (χ3v) is 2.41. The van der Waals surface area contributed by atoms with E-state index in [1.165, 1.54) is 12.3 Å². The van der Waals surface area contributed by atoms with Gasteiger partial charge in [0.1, 0.15) is 12.0 Å². The van der Waals surface area contributed by atoms with Gasteiger partial charge in [0.2, 0.25) is 0 Å². The van der Waals surface area contributed by atoms with Crippen LogP contribution in [0, 0.1) is 10.1 Å². The number of hydrogen-bond acceptors (Lipinski definition) is 5. The van der Waals surface area contributed by atoms with Crippen molar-refractivity contribution < 1.29 is 4.92 Å². The highest BCUT2D eigenvalue weighted by Gasteiger charge is 2.04. The Hall–Kier alpha value is -2.44. The number of aryl methyl sites for hydroxylation is 1. The van der Waals surface area contributed by atoms with Crippen molar-refractivity contribution in [2.75, 3.05) is 11.9 Å². The van der Waals surface area contributed by atoms with Crippen molar-refractivity contribution in [2.45, 2.75) is 6.42 Å². The number of aromatic nitrogens is 3. The van der Waals surface area contributed by atoms with Crippen molar-refractivity contribution in [3.63, 3.8) is 0 Å². The Labute approximate surface area is 104 Å². The summed E-state index contributed by atoms with van der Waals surface area (Å²) < 4.78 is 1.75. The first-order chi connectivity index (χ1) is 8.65. The van der Waals surface area contributed by atoms with Crippen LogP contribution in [-0.4, -0.2) is 26.2 Å². The van der Waals surface area contributed by atoms with Crippen LogP contribution >= 0.6 is 0 Å². The molecule has 0 unspecified atom stereocenters. The van der Waals surface area contributed by atoms with E-state index in [-0.39, 0.29) is 5.69 Å². The van der Waals surface area contributed by atoms with E-state index in [1.54, 1.807) is 10.7 Å². The Morgan fingerprint density at radius 3 is 2.83 bits per heavy atom. The molecule has 0 amide bonds. The van der Waals surface area contributed by atoms with E-state index < -0.39 is 4.92 Å². The molecule has 2 rings (SSSR count). The van der Waals surface area contributed by atoms with Crippen molar-refractivity contribution in [3.8, 4) is 0 Å². The predicted octanol–water partition coefficient (Wildman–Crippen LogP) is 1.38. The monoisotopic (exact) mass is 247 g/mol. The summed E-state index contributed by atoms with van der Waals surface area (Å²) in [5.41, 5.74) is 0.984. The minimum Gasteiger partial charge on any atom is -0.370 e. The molecule has 0 aromatic carbocycles. The second-order valence-corrected chi connectivity index (χ2v) is 3.82. The molecule has 7 nitrogen and oxygen atoms in total. The quantitative estimate of drug-likeness (QED) is 0.637. The van der Waals surface area contributed by atoms with Crippen LogP contribution in [0.15, 0.2) is 30.6 Å². The van der Waals surface area contributed by atoms with Crippen molar-refractivity contribution in [1.82, 2.24) is 14.8 Å². The van der Waals surface area contributed by atoms with Crippen molar-refractivity contribution in [3.05, 3.63) is 46.4 Å². The van der Waals surface area contributed by atoms with Gasteiger partial charge in [-0.3, -0.25) is 14.8 Å². The molecular weight excluding hydrogens is 234 g/mol. The first-order valence-corrected chi connectivity index (χ1v) is 5.48. The zero-order valence-electron chi connectivity index (χ0n) is 9.91. The van der Waals surface area contributed by atoms with Crippen LogP contribution in [0.5, 0.6) is 0 Å². The lowest BCUT2D eigenvalue weighted by Crippen LogP contribution is -2.07. The molecule has 0 aliphatic carbocycles. The molecule has 0 spiro atoms. The molecule has 1 N–H and O–H groups in total. The van der Waals surface area contributed by atoms with Crippen LogP contribution < -0.4 is 5.32 Å². The van der Waals surface area contributed by atoms with Crippen molar-refractivity contribution in [1.29, 1.82) is 0 Å². The lowest BCUT2D eigenvalue weighted by molar-refractivity contribution is -0.385. The molecule has 0 saturated carbocycles. The highest BCUT2D eigenvalue weighted by molar-refractivity contribution is 5.40. The molecule has 0 radical (unpaired) electrons. The summed E-state index contributed by atoms with van der Waals surface area (Å²) in [6.45, 7) is 0.682. The maximum Gasteiger partial charge on any atom is 0.287 e. The molecule has 0 saturated heterocycles. The lowest BCUT2D eigenvalue weighted by atomic mass is 10.3. The normalized spacial score (nSPS) is 10.3. The van der Waals surface area contributed by atoms with Gasteiger partial charge in [0.15, 0.2) is 0 Å². The largest absolute Gasteiger partial charge is 0.370 e. The van der Waals surface area contributed by atoms with Crippen LogP contribution in [0.1, 0.15) is 5.69 Å². The second-order valence-electron chi connectivity index (χ2n) is 3.82. The fourth-order valence-corrected chi connectivity index (χ4v) is 1.51.